The zero-order valence-electron chi connectivity index (χ0n) is 10.5. The molecule has 1 aliphatic rings. The third kappa shape index (κ3) is 2.91. The lowest BCUT2D eigenvalue weighted by Gasteiger charge is -2.35. The highest BCUT2D eigenvalue weighted by atomic mass is 79.9. The molecule has 0 radical (unpaired) electrons. The fourth-order valence-electron chi connectivity index (χ4n) is 2.38. The summed E-state index contributed by atoms with van der Waals surface area (Å²) in [6.07, 6.45) is 4.37. The molecule has 1 aliphatic carbocycles. The molecule has 2 rings (SSSR count). The van der Waals surface area contributed by atoms with Gasteiger partial charge in [0.1, 0.15) is 11.6 Å². The van der Waals surface area contributed by atoms with Crippen LogP contribution in [-0.2, 0) is 0 Å². The van der Waals surface area contributed by atoms with E-state index in [0.29, 0.717) is 11.5 Å². The molecule has 1 nitrogen and oxygen atoms in total. The van der Waals surface area contributed by atoms with Crippen LogP contribution < -0.4 is 5.32 Å². The van der Waals surface area contributed by atoms with E-state index in [4.69, 9.17) is 0 Å². The molecular weight excluding hydrogens is 300 g/mol. The van der Waals surface area contributed by atoms with Gasteiger partial charge < -0.3 is 5.32 Å². The van der Waals surface area contributed by atoms with Crippen molar-refractivity contribution in [2.24, 2.45) is 5.92 Å². The molecule has 1 N–H and O–H groups in total. The average Bonchev–Trinajstić information content (AvgIpc) is 2.27. The van der Waals surface area contributed by atoms with Crippen molar-refractivity contribution in [3.05, 3.63) is 33.8 Å². The van der Waals surface area contributed by atoms with Gasteiger partial charge in [-0.05, 0) is 59.8 Å². The van der Waals surface area contributed by atoms with Gasteiger partial charge in [0.05, 0.1) is 4.47 Å². The topological polar surface area (TPSA) is 12.0 Å². The predicted molar refractivity (Wildman–Crippen MR) is 72.4 cm³/mol. The largest absolute Gasteiger partial charge is 0.310 e. The molecular formula is C14H18BrF2N. The molecule has 100 valence electrons. The molecule has 0 heterocycles. The monoisotopic (exact) mass is 317 g/mol. The highest BCUT2D eigenvalue weighted by Crippen LogP contribution is 2.39. The third-order valence-electron chi connectivity index (χ3n) is 3.61. The Labute approximate surface area is 115 Å². The van der Waals surface area contributed by atoms with Crippen LogP contribution in [0, 0.1) is 17.6 Å². The van der Waals surface area contributed by atoms with E-state index >= 15 is 0 Å². The summed E-state index contributed by atoms with van der Waals surface area (Å²) in [6, 6.07) is 2.50. The van der Waals surface area contributed by atoms with Crippen molar-refractivity contribution in [1.82, 2.24) is 5.32 Å². The molecule has 0 saturated heterocycles. The Kier molecular flexibility index (Phi) is 4.73. The second-order valence-corrected chi connectivity index (χ2v) is 5.76. The van der Waals surface area contributed by atoms with Gasteiger partial charge in [-0.1, -0.05) is 13.3 Å². The number of rotatable bonds is 5. The van der Waals surface area contributed by atoms with Crippen LogP contribution >= 0.6 is 15.9 Å². The van der Waals surface area contributed by atoms with Crippen molar-refractivity contribution in [1.29, 1.82) is 0 Å². The average molecular weight is 318 g/mol. The Morgan fingerprint density at radius 2 is 2.06 bits per heavy atom. The number of nitrogens with one attached hydrogen (secondary N) is 1. The van der Waals surface area contributed by atoms with E-state index in [0.717, 1.165) is 25.8 Å². The van der Waals surface area contributed by atoms with Crippen LogP contribution in [0.5, 0.6) is 0 Å². The van der Waals surface area contributed by atoms with Crippen LogP contribution in [0.15, 0.2) is 16.6 Å². The van der Waals surface area contributed by atoms with Crippen LogP contribution in [0.25, 0.3) is 0 Å². The lowest BCUT2D eigenvalue weighted by atomic mass is 9.77. The first kappa shape index (κ1) is 13.9. The summed E-state index contributed by atoms with van der Waals surface area (Å²) in [4.78, 5) is 0. The minimum absolute atomic E-state index is 0.0544. The first-order chi connectivity index (χ1) is 8.63. The van der Waals surface area contributed by atoms with Crippen LogP contribution in [0.2, 0.25) is 0 Å². The highest BCUT2D eigenvalue weighted by molar-refractivity contribution is 9.10. The van der Waals surface area contributed by atoms with Gasteiger partial charge in [0, 0.05) is 11.6 Å². The lowest BCUT2D eigenvalue weighted by molar-refractivity contribution is 0.226. The Hall–Kier alpha value is -0.480. The predicted octanol–water partition coefficient (Wildman–Crippen LogP) is 4.57. The van der Waals surface area contributed by atoms with Gasteiger partial charge in [-0.3, -0.25) is 0 Å². The smallest absolute Gasteiger partial charge is 0.137 e. The molecule has 1 aromatic carbocycles. The first-order valence-electron chi connectivity index (χ1n) is 6.51. The lowest BCUT2D eigenvalue weighted by Crippen LogP contribution is -2.33. The van der Waals surface area contributed by atoms with Crippen LogP contribution in [0.3, 0.4) is 0 Å². The molecule has 0 spiro atoms. The van der Waals surface area contributed by atoms with Gasteiger partial charge in [-0.15, -0.1) is 0 Å². The fraction of sp³-hybridized carbons (Fsp3) is 0.571. The number of hydrogen-bond donors (Lipinski definition) is 1. The van der Waals surface area contributed by atoms with Gasteiger partial charge in [-0.2, -0.15) is 0 Å². The Bertz CT molecular complexity index is 419. The van der Waals surface area contributed by atoms with Gasteiger partial charge in [0.15, 0.2) is 0 Å². The van der Waals surface area contributed by atoms with Gasteiger partial charge in [0.25, 0.3) is 0 Å². The standard InChI is InChI=1S/C14H18BrF2N/c1-2-6-18-14(9-4-3-5-9)10-7-13(17)11(15)8-12(10)16/h7-9,14,18H,2-6H2,1H3. The molecule has 0 bridgehead atoms. The van der Waals surface area contributed by atoms with Crippen molar-refractivity contribution in [2.75, 3.05) is 6.54 Å². The zero-order valence-corrected chi connectivity index (χ0v) is 12.1. The Morgan fingerprint density at radius 1 is 1.33 bits per heavy atom. The molecule has 0 amide bonds. The summed E-state index contributed by atoms with van der Waals surface area (Å²) in [5, 5.41) is 3.35. The second-order valence-electron chi connectivity index (χ2n) is 4.91. The summed E-state index contributed by atoms with van der Waals surface area (Å²) < 4.78 is 27.8. The van der Waals surface area contributed by atoms with Crippen LogP contribution in [0.4, 0.5) is 8.78 Å². The fourth-order valence-corrected chi connectivity index (χ4v) is 2.70. The molecule has 1 atom stereocenters. The van der Waals surface area contributed by atoms with E-state index in [-0.39, 0.29) is 16.3 Å². The highest BCUT2D eigenvalue weighted by Gasteiger charge is 2.30. The van der Waals surface area contributed by atoms with Crippen LogP contribution in [0.1, 0.15) is 44.2 Å². The molecule has 0 aromatic heterocycles. The Balaban J connectivity index is 2.25. The normalized spacial score (nSPS) is 17.6. The molecule has 1 fully saturated rings. The summed E-state index contributed by atoms with van der Waals surface area (Å²) in [6.45, 7) is 2.90. The van der Waals surface area contributed by atoms with Crippen molar-refractivity contribution < 1.29 is 8.78 Å². The van der Waals surface area contributed by atoms with E-state index in [1.165, 1.54) is 18.6 Å². The maximum Gasteiger partial charge on any atom is 0.137 e. The molecule has 1 saturated carbocycles. The third-order valence-corrected chi connectivity index (χ3v) is 4.22. The molecule has 1 unspecified atom stereocenters. The van der Waals surface area contributed by atoms with E-state index in [1.54, 1.807) is 0 Å². The second kappa shape index (κ2) is 6.11. The molecule has 4 heteroatoms. The van der Waals surface area contributed by atoms with E-state index in [1.807, 2.05) is 0 Å². The Morgan fingerprint density at radius 3 is 2.61 bits per heavy atom. The SMILES string of the molecule is CCCNC(c1cc(F)c(Br)cc1F)C1CCC1. The number of benzene rings is 1. The minimum atomic E-state index is -0.394. The number of hydrogen-bond acceptors (Lipinski definition) is 1. The van der Waals surface area contributed by atoms with Crippen molar-refractivity contribution >= 4 is 15.9 Å². The molecule has 18 heavy (non-hydrogen) atoms. The first-order valence-corrected chi connectivity index (χ1v) is 7.30. The van der Waals surface area contributed by atoms with E-state index < -0.39 is 5.82 Å². The van der Waals surface area contributed by atoms with Crippen molar-refractivity contribution in [3.63, 3.8) is 0 Å². The molecule has 1 aromatic rings. The van der Waals surface area contributed by atoms with Crippen molar-refractivity contribution in [3.8, 4) is 0 Å². The molecule has 0 aliphatic heterocycles. The van der Waals surface area contributed by atoms with Crippen LogP contribution in [-0.4, -0.2) is 6.54 Å². The minimum Gasteiger partial charge on any atom is -0.310 e. The quantitative estimate of drug-likeness (QED) is 0.784. The summed E-state index contributed by atoms with van der Waals surface area (Å²) in [7, 11) is 0. The summed E-state index contributed by atoms with van der Waals surface area (Å²) >= 11 is 3.01. The number of halogens is 3. The maximum absolute atomic E-state index is 14.0. The maximum atomic E-state index is 14.0. The van der Waals surface area contributed by atoms with E-state index in [9.17, 15) is 8.78 Å². The van der Waals surface area contributed by atoms with Crippen molar-refractivity contribution in [2.45, 2.75) is 38.6 Å². The van der Waals surface area contributed by atoms with Gasteiger partial charge in [-0.25, -0.2) is 8.78 Å². The van der Waals surface area contributed by atoms with Gasteiger partial charge in [0.2, 0.25) is 0 Å². The zero-order chi connectivity index (χ0) is 13.1. The van der Waals surface area contributed by atoms with Gasteiger partial charge >= 0.3 is 0 Å². The van der Waals surface area contributed by atoms with E-state index in [2.05, 4.69) is 28.2 Å². The summed E-state index contributed by atoms with van der Waals surface area (Å²) in [5.41, 5.74) is 0.467. The summed E-state index contributed by atoms with van der Waals surface area (Å²) in [5.74, 6) is -0.288.